The van der Waals surface area contributed by atoms with Gasteiger partial charge in [0.25, 0.3) is 0 Å². The van der Waals surface area contributed by atoms with Crippen molar-refractivity contribution in [1.29, 1.82) is 0 Å². The topological polar surface area (TPSA) is 46.5 Å². The van der Waals surface area contributed by atoms with Crippen molar-refractivity contribution in [2.24, 2.45) is 0 Å². The number of carboxylic acid groups (broad SMARTS) is 1. The molecule has 0 aliphatic heterocycles. The number of aliphatic carboxylic acids is 1. The first-order chi connectivity index (χ1) is 7.72. The molecule has 1 atom stereocenters. The van der Waals surface area contributed by atoms with Crippen LogP contribution in [0.1, 0.15) is 11.7 Å². The molecule has 0 fully saturated rings. The number of carbonyl (C=O) groups is 1. The molecule has 3 heteroatoms. The van der Waals surface area contributed by atoms with Gasteiger partial charge in [-0.1, -0.05) is 36.4 Å². The standard InChI is InChI=1S/C13H12O3/c1-16-12(13(14)15)11-7-6-9-4-2-3-5-10(9)8-11/h2-8,12H,1H3,(H,14,15)/t12-/m1/s1. The van der Waals surface area contributed by atoms with Crippen LogP contribution in [0.15, 0.2) is 42.5 Å². The van der Waals surface area contributed by atoms with Crippen LogP contribution in [0.5, 0.6) is 0 Å². The second-order valence-electron chi connectivity index (χ2n) is 3.56. The minimum absolute atomic E-state index is 0.661. The lowest BCUT2D eigenvalue weighted by atomic mass is 10.0. The lowest BCUT2D eigenvalue weighted by Crippen LogP contribution is -2.13. The quantitative estimate of drug-likeness (QED) is 0.857. The molecule has 0 aromatic heterocycles. The Morgan fingerprint density at radius 1 is 1.19 bits per heavy atom. The third kappa shape index (κ3) is 1.90. The van der Waals surface area contributed by atoms with E-state index in [1.807, 2.05) is 36.4 Å². The molecule has 0 saturated heterocycles. The summed E-state index contributed by atoms with van der Waals surface area (Å²) >= 11 is 0. The van der Waals surface area contributed by atoms with Gasteiger partial charge in [0.1, 0.15) is 0 Å². The van der Waals surface area contributed by atoms with E-state index >= 15 is 0 Å². The molecule has 0 unspecified atom stereocenters. The molecule has 0 saturated carbocycles. The zero-order valence-corrected chi connectivity index (χ0v) is 8.88. The number of rotatable bonds is 3. The first kappa shape index (κ1) is 10.6. The third-order valence-electron chi connectivity index (χ3n) is 2.54. The van der Waals surface area contributed by atoms with Gasteiger partial charge >= 0.3 is 5.97 Å². The number of methoxy groups -OCH3 is 1. The molecular weight excluding hydrogens is 204 g/mol. The molecule has 0 amide bonds. The number of hydrogen-bond donors (Lipinski definition) is 1. The maximum absolute atomic E-state index is 10.9. The Balaban J connectivity index is 2.49. The maximum Gasteiger partial charge on any atom is 0.337 e. The van der Waals surface area contributed by atoms with E-state index < -0.39 is 12.1 Å². The molecule has 16 heavy (non-hydrogen) atoms. The Morgan fingerprint density at radius 2 is 1.88 bits per heavy atom. The summed E-state index contributed by atoms with van der Waals surface area (Å²) in [5.41, 5.74) is 0.661. The van der Waals surface area contributed by atoms with E-state index in [0.29, 0.717) is 5.56 Å². The van der Waals surface area contributed by atoms with Crippen LogP contribution in [0.2, 0.25) is 0 Å². The van der Waals surface area contributed by atoms with Crippen LogP contribution in [-0.4, -0.2) is 18.2 Å². The van der Waals surface area contributed by atoms with E-state index in [2.05, 4.69) is 0 Å². The highest BCUT2D eigenvalue weighted by Crippen LogP contribution is 2.22. The van der Waals surface area contributed by atoms with Gasteiger partial charge < -0.3 is 9.84 Å². The monoisotopic (exact) mass is 216 g/mol. The zero-order chi connectivity index (χ0) is 11.5. The van der Waals surface area contributed by atoms with Crippen molar-refractivity contribution >= 4 is 16.7 Å². The Hall–Kier alpha value is -1.87. The molecule has 0 bridgehead atoms. The maximum atomic E-state index is 10.9. The Kier molecular flexibility index (Phi) is 2.88. The second-order valence-corrected chi connectivity index (χ2v) is 3.56. The van der Waals surface area contributed by atoms with Crippen LogP contribution in [0, 0.1) is 0 Å². The van der Waals surface area contributed by atoms with Crippen LogP contribution in [-0.2, 0) is 9.53 Å². The summed E-state index contributed by atoms with van der Waals surface area (Å²) in [5.74, 6) is -0.974. The van der Waals surface area contributed by atoms with E-state index in [-0.39, 0.29) is 0 Å². The van der Waals surface area contributed by atoms with Gasteiger partial charge in [-0.3, -0.25) is 0 Å². The third-order valence-corrected chi connectivity index (χ3v) is 2.54. The van der Waals surface area contributed by atoms with Crippen molar-refractivity contribution in [2.45, 2.75) is 6.10 Å². The molecular formula is C13H12O3. The fourth-order valence-corrected chi connectivity index (χ4v) is 1.75. The lowest BCUT2D eigenvalue weighted by Gasteiger charge is -2.11. The van der Waals surface area contributed by atoms with Gasteiger partial charge in [0, 0.05) is 7.11 Å². The summed E-state index contributed by atoms with van der Waals surface area (Å²) in [5, 5.41) is 11.1. The fourth-order valence-electron chi connectivity index (χ4n) is 1.75. The summed E-state index contributed by atoms with van der Waals surface area (Å²) in [6.45, 7) is 0. The van der Waals surface area contributed by atoms with Crippen molar-refractivity contribution in [3.8, 4) is 0 Å². The number of hydrogen-bond acceptors (Lipinski definition) is 2. The van der Waals surface area contributed by atoms with Crippen LogP contribution >= 0.6 is 0 Å². The van der Waals surface area contributed by atoms with Gasteiger partial charge in [0.05, 0.1) is 0 Å². The number of benzene rings is 2. The minimum Gasteiger partial charge on any atom is -0.479 e. The summed E-state index contributed by atoms with van der Waals surface area (Å²) in [7, 11) is 1.40. The van der Waals surface area contributed by atoms with Crippen LogP contribution in [0.4, 0.5) is 0 Å². The summed E-state index contributed by atoms with van der Waals surface area (Å²) in [6, 6.07) is 13.3. The predicted octanol–water partition coefficient (Wildman–Crippen LogP) is 2.61. The largest absolute Gasteiger partial charge is 0.479 e. The van der Waals surface area contributed by atoms with Gasteiger partial charge in [-0.15, -0.1) is 0 Å². The normalized spacial score (nSPS) is 12.6. The van der Waals surface area contributed by atoms with Crippen molar-refractivity contribution in [3.63, 3.8) is 0 Å². The zero-order valence-electron chi connectivity index (χ0n) is 8.88. The molecule has 0 aliphatic rings. The van der Waals surface area contributed by atoms with Gasteiger partial charge in [-0.2, -0.15) is 0 Å². The molecule has 2 aromatic rings. The molecule has 3 nitrogen and oxygen atoms in total. The summed E-state index contributed by atoms with van der Waals surface area (Å²) < 4.78 is 4.95. The molecule has 0 radical (unpaired) electrons. The van der Waals surface area contributed by atoms with Gasteiger partial charge in [0.2, 0.25) is 0 Å². The van der Waals surface area contributed by atoms with Crippen molar-refractivity contribution in [1.82, 2.24) is 0 Å². The number of ether oxygens (including phenoxy) is 1. The Bertz CT molecular complexity index is 519. The number of fused-ring (bicyclic) bond motifs is 1. The molecule has 0 heterocycles. The molecule has 2 aromatic carbocycles. The van der Waals surface area contributed by atoms with Crippen molar-refractivity contribution in [3.05, 3.63) is 48.0 Å². The van der Waals surface area contributed by atoms with Gasteiger partial charge in [0.15, 0.2) is 6.10 Å². The van der Waals surface area contributed by atoms with E-state index in [0.717, 1.165) is 10.8 Å². The first-order valence-electron chi connectivity index (χ1n) is 4.96. The van der Waals surface area contributed by atoms with Crippen LogP contribution < -0.4 is 0 Å². The van der Waals surface area contributed by atoms with E-state index in [9.17, 15) is 4.79 Å². The highest BCUT2D eigenvalue weighted by Gasteiger charge is 2.18. The van der Waals surface area contributed by atoms with Gasteiger partial charge in [-0.05, 0) is 22.4 Å². The number of carboxylic acids is 1. The Morgan fingerprint density at radius 3 is 2.50 bits per heavy atom. The highest BCUT2D eigenvalue weighted by molar-refractivity contribution is 5.85. The van der Waals surface area contributed by atoms with E-state index in [1.54, 1.807) is 6.07 Å². The average molecular weight is 216 g/mol. The lowest BCUT2D eigenvalue weighted by molar-refractivity contribution is -0.148. The van der Waals surface area contributed by atoms with E-state index in [4.69, 9.17) is 9.84 Å². The predicted molar refractivity (Wildman–Crippen MR) is 61.3 cm³/mol. The first-order valence-corrected chi connectivity index (χ1v) is 4.96. The molecule has 0 spiro atoms. The van der Waals surface area contributed by atoms with Crippen LogP contribution in [0.25, 0.3) is 10.8 Å². The summed E-state index contributed by atoms with van der Waals surface area (Å²) in [6.07, 6.45) is -0.899. The highest BCUT2D eigenvalue weighted by atomic mass is 16.5. The van der Waals surface area contributed by atoms with Crippen molar-refractivity contribution < 1.29 is 14.6 Å². The van der Waals surface area contributed by atoms with Gasteiger partial charge in [-0.25, -0.2) is 4.79 Å². The SMILES string of the molecule is CO[C@@H](C(=O)O)c1ccc2ccccc2c1. The van der Waals surface area contributed by atoms with Crippen molar-refractivity contribution in [2.75, 3.05) is 7.11 Å². The Labute approximate surface area is 93.3 Å². The molecule has 1 N–H and O–H groups in total. The van der Waals surface area contributed by atoms with Crippen LogP contribution in [0.3, 0.4) is 0 Å². The summed E-state index contributed by atoms with van der Waals surface area (Å²) in [4.78, 5) is 10.9. The smallest absolute Gasteiger partial charge is 0.337 e. The second kappa shape index (κ2) is 4.33. The fraction of sp³-hybridized carbons (Fsp3) is 0.154. The van der Waals surface area contributed by atoms with E-state index in [1.165, 1.54) is 7.11 Å². The molecule has 0 aliphatic carbocycles. The molecule has 2 rings (SSSR count). The molecule has 82 valence electrons. The average Bonchev–Trinajstić information content (AvgIpc) is 2.29. The minimum atomic E-state index is -0.974.